The topological polar surface area (TPSA) is 55.8 Å². The Morgan fingerprint density at radius 2 is 2.00 bits per heavy atom. The lowest BCUT2D eigenvalue weighted by molar-refractivity contribution is -0.215. The Morgan fingerprint density at radius 3 is 2.31 bits per heavy atom. The van der Waals surface area contributed by atoms with Gasteiger partial charge in [0.05, 0.1) is 6.42 Å². The maximum absolute atomic E-state index is 12.1. The number of methoxy groups -OCH3 is 1. The second-order valence-electron chi connectivity index (χ2n) is 3.17. The molecular formula is C9H13F3O4. The van der Waals surface area contributed by atoms with Gasteiger partial charge in [0.25, 0.3) is 0 Å². The molecule has 0 aliphatic rings. The standard InChI is InChI=1S/C9H13F3O4/c1-5(2)7(13)16-6(8(14)15-3)4-9(10,11)12/h6,8,14H,1,4H2,2-3H3. The fourth-order valence-corrected chi connectivity index (χ4v) is 0.819. The van der Waals surface area contributed by atoms with Crippen LogP contribution in [0.3, 0.4) is 0 Å². The van der Waals surface area contributed by atoms with Crippen molar-refractivity contribution in [1.82, 2.24) is 0 Å². The lowest BCUT2D eigenvalue weighted by Crippen LogP contribution is -2.36. The molecule has 16 heavy (non-hydrogen) atoms. The average molecular weight is 242 g/mol. The molecule has 0 aromatic carbocycles. The molecule has 4 nitrogen and oxygen atoms in total. The molecule has 0 amide bonds. The van der Waals surface area contributed by atoms with E-state index in [0.29, 0.717) is 0 Å². The fourth-order valence-electron chi connectivity index (χ4n) is 0.819. The minimum Gasteiger partial charge on any atom is -0.453 e. The molecule has 0 aromatic heterocycles. The van der Waals surface area contributed by atoms with Gasteiger partial charge in [0, 0.05) is 12.7 Å². The Bertz CT molecular complexity index is 262. The summed E-state index contributed by atoms with van der Waals surface area (Å²) in [4.78, 5) is 11.0. The van der Waals surface area contributed by atoms with Crippen LogP contribution in [-0.4, -0.2) is 36.8 Å². The van der Waals surface area contributed by atoms with Crippen molar-refractivity contribution < 1.29 is 32.5 Å². The van der Waals surface area contributed by atoms with E-state index in [1.807, 2.05) is 0 Å². The molecule has 0 fully saturated rings. The van der Waals surface area contributed by atoms with Crippen molar-refractivity contribution in [3.8, 4) is 0 Å². The molecule has 0 saturated carbocycles. The van der Waals surface area contributed by atoms with Crippen LogP contribution in [0.25, 0.3) is 0 Å². The second kappa shape index (κ2) is 5.86. The number of aliphatic hydroxyl groups excluding tert-OH is 1. The molecule has 7 heteroatoms. The number of esters is 1. The normalized spacial score (nSPS) is 15.4. The summed E-state index contributed by atoms with van der Waals surface area (Å²) in [7, 11) is 1.00. The molecule has 0 aliphatic carbocycles. The summed E-state index contributed by atoms with van der Waals surface area (Å²) in [6.07, 6.45) is -9.68. The van der Waals surface area contributed by atoms with Crippen LogP contribution in [-0.2, 0) is 14.3 Å². The Labute approximate surface area is 90.6 Å². The zero-order valence-electron chi connectivity index (χ0n) is 8.87. The van der Waals surface area contributed by atoms with Gasteiger partial charge in [0.15, 0.2) is 12.4 Å². The van der Waals surface area contributed by atoms with Crippen molar-refractivity contribution in [2.45, 2.75) is 31.9 Å². The van der Waals surface area contributed by atoms with Crippen molar-refractivity contribution in [3.05, 3.63) is 12.2 Å². The molecule has 0 rings (SSSR count). The van der Waals surface area contributed by atoms with Crippen LogP contribution in [0.5, 0.6) is 0 Å². The quantitative estimate of drug-likeness (QED) is 0.449. The summed E-state index contributed by atoms with van der Waals surface area (Å²) < 4.78 is 44.9. The predicted octanol–water partition coefficient (Wildman–Crippen LogP) is 1.39. The van der Waals surface area contributed by atoms with Gasteiger partial charge < -0.3 is 14.6 Å². The van der Waals surface area contributed by atoms with Gasteiger partial charge in [-0.3, -0.25) is 0 Å². The number of carbonyl (C=O) groups is 1. The number of halogens is 3. The number of aliphatic hydroxyl groups is 1. The van der Waals surface area contributed by atoms with E-state index >= 15 is 0 Å². The van der Waals surface area contributed by atoms with E-state index in [0.717, 1.165) is 7.11 Å². The van der Waals surface area contributed by atoms with Crippen LogP contribution >= 0.6 is 0 Å². The Hall–Kier alpha value is -1.08. The molecule has 0 saturated heterocycles. The minimum atomic E-state index is -4.57. The lowest BCUT2D eigenvalue weighted by atomic mass is 10.2. The Kier molecular flexibility index (Phi) is 5.46. The van der Waals surface area contributed by atoms with E-state index < -0.39 is 31.0 Å². The maximum Gasteiger partial charge on any atom is 0.392 e. The number of hydrogen-bond donors (Lipinski definition) is 1. The molecule has 0 radical (unpaired) electrons. The van der Waals surface area contributed by atoms with Gasteiger partial charge in [-0.15, -0.1) is 0 Å². The molecule has 0 spiro atoms. The monoisotopic (exact) mass is 242 g/mol. The summed E-state index contributed by atoms with van der Waals surface area (Å²) in [5.74, 6) is -1.01. The van der Waals surface area contributed by atoms with Gasteiger partial charge >= 0.3 is 12.1 Å². The van der Waals surface area contributed by atoms with Crippen LogP contribution in [0.15, 0.2) is 12.2 Å². The minimum absolute atomic E-state index is 0.0597. The molecule has 94 valence electrons. The molecule has 0 aromatic rings. The number of rotatable bonds is 5. The highest BCUT2D eigenvalue weighted by molar-refractivity contribution is 5.87. The lowest BCUT2D eigenvalue weighted by Gasteiger charge is -2.23. The van der Waals surface area contributed by atoms with Gasteiger partial charge in [-0.25, -0.2) is 4.79 Å². The van der Waals surface area contributed by atoms with Crippen LogP contribution in [0.4, 0.5) is 13.2 Å². The van der Waals surface area contributed by atoms with Crippen LogP contribution in [0, 0.1) is 0 Å². The maximum atomic E-state index is 12.1. The number of ether oxygens (including phenoxy) is 2. The van der Waals surface area contributed by atoms with Gasteiger partial charge in [-0.2, -0.15) is 13.2 Å². The Morgan fingerprint density at radius 1 is 1.50 bits per heavy atom. The van der Waals surface area contributed by atoms with Crippen LogP contribution in [0.1, 0.15) is 13.3 Å². The van der Waals surface area contributed by atoms with Crippen LogP contribution in [0.2, 0.25) is 0 Å². The molecule has 2 unspecified atom stereocenters. The molecule has 1 N–H and O–H groups in total. The summed E-state index contributed by atoms with van der Waals surface area (Å²) >= 11 is 0. The van der Waals surface area contributed by atoms with E-state index in [4.69, 9.17) is 5.11 Å². The number of hydrogen-bond acceptors (Lipinski definition) is 4. The van der Waals surface area contributed by atoms with Crippen molar-refractivity contribution in [2.75, 3.05) is 7.11 Å². The predicted molar refractivity (Wildman–Crippen MR) is 48.4 cm³/mol. The molecule has 0 heterocycles. The SMILES string of the molecule is C=C(C)C(=O)OC(CC(F)(F)F)C(O)OC. The van der Waals surface area contributed by atoms with Crippen LogP contribution < -0.4 is 0 Å². The number of alkyl halides is 3. The average Bonchev–Trinajstić information content (AvgIpc) is 2.13. The third kappa shape index (κ3) is 5.72. The van der Waals surface area contributed by atoms with Crippen molar-refractivity contribution in [1.29, 1.82) is 0 Å². The van der Waals surface area contributed by atoms with E-state index in [-0.39, 0.29) is 5.57 Å². The van der Waals surface area contributed by atoms with E-state index in [2.05, 4.69) is 16.1 Å². The van der Waals surface area contributed by atoms with Gasteiger partial charge in [-0.1, -0.05) is 6.58 Å². The first-order chi connectivity index (χ1) is 7.17. The van der Waals surface area contributed by atoms with Gasteiger partial charge in [0.2, 0.25) is 0 Å². The Balaban J connectivity index is 4.56. The second-order valence-corrected chi connectivity index (χ2v) is 3.17. The summed E-state index contributed by atoms with van der Waals surface area (Å²) in [6, 6.07) is 0. The largest absolute Gasteiger partial charge is 0.453 e. The molecule has 0 bridgehead atoms. The van der Waals surface area contributed by atoms with Crippen molar-refractivity contribution >= 4 is 5.97 Å². The highest BCUT2D eigenvalue weighted by Gasteiger charge is 2.37. The highest BCUT2D eigenvalue weighted by atomic mass is 19.4. The van der Waals surface area contributed by atoms with E-state index in [9.17, 15) is 18.0 Å². The smallest absolute Gasteiger partial charge is 0.392 e. The first-order valence-electron chi connectivity index (χ1n) is 4.31. The summed E-state index contributed by atoms with van der Waals surface area (Å²) in [5, 5.41) is 9.08. The van der Waals surface area contributed by atoms with Crippen molar-refractivity contribution in [2.24, 2.45) is 0 Å². The van der Waals surface area contributed by atoms with Gasteiger partial charge in [0.1, 0.15) is 0 Å². The third-order valence-corrected chi connectivity index (χ3v) is 1.60. The third-order valence-electron chi connectivity index (χ3n) is 1.60. The van der Waals surface area contributed by atoms with Gasteiger partial charge in [-0.05, 0) is 6.92 Å². The first kappa shape index (κ1) is 14.9. The first-order valence-corrected chi connectivity index (χ1v) is 4.31. The zero-order valence-corrected chi connectivity index (χ0v) is 8.87. The van der Waals surface area contributed by atoms with E-state index in [1.165, 1.54) is 6.92 Å². The molecule has 0 aliphatic heterocycles. The van der Waals surface area contributed by atoms with Crippen molar-refractivity contribution in [3.63, 3.8) is 0 Å². The number of carbonyl (C=O) groups excluding carboxylic acids is 1. The summed E-state index contributed by atoms with van der Waals surface area (Å²) in [5.41, 5.74) is -0.0597. The highest BCUT2D eigenvalue weighted by Crippen LogP contribution is 2.25. The molecule has 2 atom stereocenters. The summed E-state index contributed by atoms with van der Waals surface area (Å²) in [6.45, 7) is 4.50. The zero-order chi connectivity index (χ0) is 12.9. The van der Waals surface area contributed by atoms with E-state index in [1.54, 1.807) is 0 Å². The fraction of sp³-hybridized carbons (Fsp3) is 0.667. The molecular weight excluding hydrogens is 229 g/mol.